The number of para-hydroxylation sites is 2. The third-order valence-corrected chi connectivity index (χ3v) is 6.62. The second kappa shape index (κ2) is 11.5. The molecule has 8 heteroatoms. The van der Waals surface area contributed by atoms with Crippen LogP contribution < -0.4 is 16.4 Å². The fraction of sp³-hybridized carbons (Fsp3) is 0.423. The number of carbonyl (C=O) groups excluding carboxylic acids is 1. The highest BCUT2D eigenvalue weighted by Gasteiger charge is 2.16. The van der Waals surface area contributed by atoms with Crippen LogP contribution in [-0.2, 0) is 17.9 Å². The Balaban J connectivity index is 1.46. The summed E-state index contributed by atoms with van der Waals surface area (Å²) in [4.78, 5) is 41.0. The summed E-state index contributed by atoms with van der Waals surface area (Å²) in [5.41, 5.74) is 0.669. The van der Waals surface area contributed by atoms with E-state index in [1.807, 2.05) is 18.2 Å². The van der Waals surface area contributed by atoms with Gasteiger partial charge in [0.2, 0.25) is 5.91 Å². The molecule has 180 valence electrons. The van der Waals surface area contributed by atoms with Crippen LogP contribution in [0.2, 0.25) is 5.02 Å². The van der Waals surface area contributed by atoms with Crippen LogP contribution in [0.25, 0.3) is 11.0 Å². The zero-order chi connectivity index (χ0) is 23.9. The van der Waals surface area contributed by atoms with E-state index in [1.54, 1.807) is 30.3 Å². The molecule has 0 unspecified atom stereocenters. The molecule has 0 bridgehead atoms. The maximum atomic E-state index is 13.0. The Kier molecular flexibility index (Phi) is 8.19. The molecule has 2 heterocycles. The lowest BCUT2D eigenvalue weighted by atomic mass is 10.2. The first-order valence-corrected chi connectivity index (χ1v) is 12.4. The van der Waals surface area contributed by atoms with E-state index in [4.69, 9.17) is 11.6 Å². The van der Waals surface area contributed by atoms with Crippen LogP contribution in [0.3, 0.4) is 0 Å². The van der Waals surface area contributed by atoms with Crippen LogP contribution in [0.1, 0.15) is 37.7 Å². The van der Waals surface area contributed by atoms with E-state index in [0.29, 0.717) is 22.6 Å². The van der Waals surface area contributed by atoms with Crippen LogP contribution in [0.4, 0.5) is 0 Å². The van der Waals surface area contributed by atoms with Crippen LogP contribution in [-0.4, -0.2) is 46.1 Å². The summed E-state index contributed by atoms with van der Waals surface area (Å²) >= 11 is 5.96. The summed E-state index contributed by atoms with van der Waals surface area (Å²) in [6.45, 7) is 3.83. The van der Waals surface area contributed by atoms with Gasteiger partial charge in [-0.25, -0.2) is 0 Å². The molecule has 0 atom stereocenters. The van der Waals surface area contributed by atoms with Crippen molar-refractivity contribution in [2.24, 2.45) is 0 Å². The van der Waals surface area contributed by atoms with E-state index >= 15 is 0 Å². The lowest BCUT2D eigenvalue weighted by Gasteiger charge is -2.19. The molecule has 1 aliphatic rings. The number of hydrogen-bond donors (Lipinski definition) is 1. The highest BCUT2D eigenvalue weighted by Crippen LogP contribution is 2.14. The number of likely N-dealkylation sites (tertiary alicyclic amines) is 1. The standard InChI is InChI=1S/C26H31ClN4O3/c27-21-12-10-20(11-13-21)18-30-22-8-3-4-9-23(22)31(26(34)25(30)33)19-24(32)28-14-7-17-29-15-5-1-2-6-16-29/h3-4,8-13H,1-2,5-7,14-19H2,(H,28,32). The lowest BCUT2D eigenvalue weighted by Crippen LogP contribution is -2.44. The van der Waals surface area contributed by atoms with Crippen molar-refractivity contribution in [3.8, 4) is 0 Å². The summed E-state index contributed by atoms with van der Waals surface area (Å²) in [6, 6.07) is 14.3. The third-order valence-electron chi connectivity index (χ3n) is 6.36. The van der Waals surface area contributed by atoms with Crippen molar-refractivity contribution in [3.05, 3.63) is 79.8 Å². The number of fused-ring (bicyclic) bond motifs is 1. The van der Waals surface area contributed by atoms with Gasteiger partial charge in [0.1, 0.15) is 6.54 Å². The van der Waals surface area contributed by atoms with E-state index in [2.05, 4.69) is 10.2 Å². The number of aromatic nitrogens is 2. The third kappa shape index (κ3) is 5.96. The first-order chi connectivity index (χ1) is 16.5. The van der Waals surface area contributed by atoms with Gasteiger partial charge in [-0.05, 0) is 68.7 Å². The van der Waals surface area contributed by atoms with Crippen molar-refractivity contribution in [2.45, 2.75) is 45.2 Å². The minimum Gasteiger partial charge on any atom is -0.355 e. The van der Waals surface area contributed by atoms with Gasteiger partial charge >= 0.3 is 11.1 Å². The molecule has 1 aromatic heterocycles. The van der Waals surface area contributed by atoms with Gasteiger partial charge in [-0.3, -0.25) is 23.5 Å². The van der Waals surface area contributed by atoms with Crippen LogP contribution in [0.15, 0.2) is 58.1 Å². The molecule has 0 spiro atoms. The second-order valence-corrected chi connectivity index (χ2v) is 9.29. The van der Waals surface area contributed by atoms with Crippen LogP contribution >= 0.6 is 11.6 Å². The monoisotopic (exact) mass is 482 g/mol. The highest BCUT2D eigenvalue weighted by molar-refractivity contribution is 6.30. The van der Waals surface area contributed by atoms with Crippen molar-refractivity contribution in [3.63, 3.8) is 0 Å². The number of benzene rings is 2. The van der Waals surface area contributed by atoms with Crippen molar-refractivity contribution in [1.29, 1.82) is 0 Å². The first kappa shape index (κ1) is 24.2. The summed E-state index contributed by atoms with van der Waals surface area (Å²) < 4.78 is 2.73. The zero-order valence-corrected chi connectivity index (χ0v) is 20.1. The van der Waals surface area contributed by atoms with Gasteiger partial charge in [-0.1, -0.05) is 48.7 Å². The maximum absolute atomic E-state index is 13.0. The average Bonchev–Trinajstić information content (AvgIpc) is 3.12. The van der Waals surface area contributed by atoms with Gasteiger partial charge in [0, 0.05) is 11.6 Å². The van der Waals surface area contributed by atoms with E-state index in [1.165, 1.54) is 34.8 Å². The summed E-state index contributed by atoms with van der Waals surface area (Å²) in [6.07, 6.45) is 5.95. The van der Waals surface area contributed by atoms with Crippen molar-refractivity contribution >= 4 is 28.5 Å². The molecule has 0 saturated carbocycles. The molecule has 0 aliphatic carbocycles. The Hall–Kier alpha value is -2.90. The van der Waals surface area contributed by atoms with Gasteiger partial charge in [0.25, 0.3) is 0 Å². The van der Waals surface area contributed by atoms with E-state index < -0.39 is 11.1 Å². The number of nitrogens with zero attached hydrogens (tertiary/aromatic N) is 3. The Labute approximate surface area is 204 Å². The molecule has 1 saturated heterocycles. The Morgan fingerprint density at radius 2 is 1.47 bits per heavy atom. The minimum atomic E-state index is -0.701. The number of amides is 1. The maximum Gasteiger partial charge on any atom is 0.317 e. The number of hydrogen-bond acceptors (Lipinski definition) is 4. The van der Waals surface area contributed by atoms with Crippen molar-refractivity contribution in [1.82, 2.24) is 19.4 Å². The average molecular weight is 483 g/mol. The molecule has 1 fully saturated rings. The van der Waals surface area contributed by atoms with Gasteiger partial charge in [-0.15, -0.1) is 0 Å². The van der Waals surface area contributed by atoms with Crippen molar-refractivity contribution in [2.75, 3.05) is 26.2 Å². The smallest absolute Gasteiger partial charge is 0.317 e. The molecular formula is C26H31ClN4O3. The van der Waals surface area contributed by atoms with E-state index in [9.17, 15) is 14.4 Å². The lowest BCUT2D eigenvalue weighted by molar-refractivity contribution is -0.121. The number of halogens is 1. The number of rotatable bonds is 8. The minimum absolute atomic E-state index is 0.180. The molecule has 1 amide bonds. The normalized spacial score (nSPS) is 14.7. The Morgan fingerprint density at radius 3 is 2.15 bits per heavy atom. The number of carbonyl (C=O) groups is 1. The van der Waals surface area contributed by atoms with E-state index in [-0.39, 0.29) is 19.0 Å². The fourth-order valence-corrected chi connectivity index (χ4v) is 4.67. The quantitative estimate of drug-likeness (QED) is 0.395. The predicted octanol–water partition coefficient (Wildman–Crippen LogP) is 3.25. The van der Waals surface area contributed by atoms with Crippen LogP contribution in [0, 0.1) is 0 Å². The molecule has 34 heavy (non-hydrogen) atoms. The number of nitrogens with one attached hydrogen (secondary N) is 1. The second-order valence-electron chi connectivity index (χ2n) is 8.86. The van der Waals surface area contributed by atoms with Crippen LogP contribution in [0.5, 0.6) is 0 Å². The molecule has 1 N–H and O–H groups in total. The topological polar surface area (TPSA) is 76.3 Å². The molecule has 1 aliphatic heterocycles. The molecule has 4 rings (SSSR count). The summed E-state index contributed by atoms with van der Waals surface area (Å²) in [7, 11) is 0. The molecule has 3 aromatic rings. The Morgan fingerprint density at radius 1 is 0.853 bits per heavy atom. The van der Waals surface area contributed by atoms with Gasteiger partial charge < -0.3 is 10.2 Å². The van der Waals surface area contributed by atoms with E-state index in [0.717, 1.165) is 31.6 Å². The first-order valence-electron chi connectivity index (χ1n) is 12.0. The van der Waals surface area contributed by atoms with Gasteiger partial charge in [0.05, 0.1) is 17.6 Å². The van der Waals surface area contributed by atoms with Gasteiger partial charge in [-0.2, -0.15) is 0 Å². The SMILES string of the molecule is O=C(Cn1c(=O)c(=O)n(Cc2ccc(Cl)cc2)c2ccccc21)NCCCN1CCCCCC1. The largest absolute Gasteiger partial charge is 0.355 e. The molecule has 0 radical (unpaired) electrons. The molecular weight excluding hydrogens is 452 g/mol. The summed E-state index contributed by atoms with van der Waals surface area (Å²) in [5, 5.41) is 3.52. The summed E-state index contributed by atoms with van der Waals surface area (Å²) in [5.74, 6) is -0.266. The highest BCUT2D eigenvalue weighted by atomic mass is 35.5. The Bertz CT molecular complexity index is 1240. The van der Waals surface area contributed by atoms with Gasteiger partial charge in [0.15, 0.2) is 0 Å². The van der Waals surface area contributed by atoms with Crippen molar-refractivity contribution < 1.29 is 4.79 Å². The zero-order valence-electron chi connectivity index (χ0n) is 19.3. The predicted molar refractivity (Wildman–Crippen MR) is 136 cm³/mol. The molecule has 2 aromatic carbocycles. The fourth-order valence-electron chi connectivity index (χ4n) is 4.55. The molecule has 7 nitrogen and oxygen atoms in total.